The molecule has 0 radical (unpaired) electrons. The Hall–Kier alpha value is -3.00. The lowest BCUT2D eigenvalue weighted by Gasteiger charge is -2.46. The molecule has 2 unspecified atom stereocenters. The van der Waals surface area contributed by atoms with E-state index in [9.17, 15) is 22.7 Å². The third-order valence-electron chi connectivity index (χ3n) is 8.16. The number of aliphatic hydroxyl groups is 1. The number of rotatable bonds is 5. The highest BCUT2D eigenvalue weighted by Gasteiger charge is 2.63. The van der Waals surface area contributed by atoms with Crippen LogP contribution < -0.4 is 0 Å². The van der Waals surface area contributed by atoms with Crippen LogP contribution in [0.4, 0.5) is 17.6 Å². The number of halogens is 4. The molecule has 0 spiro atoms. The summed E-state index contributed by atoms with van der Waals surface area (Å²) < 4.78 is 54.7. The summed E-state index contributed by atoms with van der Waals surface area (Å²) in [6.45, 7) is 0. The van der Waals surface area contributed by atoms with Crippen molar-refractivity contribution in [1.29, 1.82) is 0 Å². The predicted molar refractivity (Wildman–Crippen MR) is 122 cm³/mol. The van der Waals surface area contributed by atoms with E-state index in [1.807, 2.05) is 10.9 Å². The van der Waals surface area contributed by atoms with Gasteiger partial charge in [0, 0.05) is 17.3 Å². The Morgan fingerprint density at radius 2 is 1.89 bits per heavy atom. The van der Waals surface area contributed by atoms with Crippen molar-refractivity contribution in [2.45, 2.75) is 56.7 Å². The van der Waals surface area contributed by atoms with E-state index in [0.29, 0.717) is 30.9 Å². The average Bonchev–Trinajstić information content (AvgIpc) is 3.55. The van der Waals surface area contributed by atoms with Gasteiger partial charge in [-0.25, -0.2) is 9.07 Å². The Morgan fingerprint density at radius 1 is 1.11 bits per heavy atom. The van der Waals surface area contributed by atoms with Gasteiger partial charge in [0.15, 0.2) is 0 Å². The van der Waals surface area contributed by atoms with E-state index in [1.54, 1.807) is 12.1 Å². The molecule has 3 aliphatic rings. The van der Waals surface area contributed by atoms with Crippen LogP contribution in [0.5, 0.6) is 0 Å². The highest BCUT2D eigenvalue weighted by Crippen LogP contribution is 2.66. The van der Waals surface area contributed by atoms with E-state index in [1.165, 1.54) is 23.9 Å². The topological polar surface area (TPSA) is 50.9 Å². The zero-order valence-corrected chi connectivity index (χ0v) is 19.0. The Kier molecular flexibility index (Phi) is 4.97. The van der Waals surface area contributed by atoms with Gasteiger partial charge in [-0.2, -0.15) is 18.3 Å². The molecule has 182 valence electrons. The molecule has 2 saturated carbocycles. The first-order valence-electron chi connectivity index (χ1n) is 12.0. The molecule has 6 rings (SSSR count). The van der Waals surface area contributed by atoms with Gasteiger partial charge in [0.25, 0.3) is 0 Å². The normalized spacial score (nSPS) is 25.8. The summed E-state index contributed by atoms with van der Waals surface area (Å²) in [4.78, 5) is 4.15. The largest absolute Gasteiger partial charge is 0.416 e. The van der Waals surface area contributed by atoms with Crippen molar-refractivity contribution in [3.63, 3.8) is 0 Å². The molecule has 0 amide bonds. The van der Waals surface area contributed by atoms with Crippen molar-refractivity contribution in [3.05, 3.63) is 82.7 Å². The minimum atomic E-state index is -4.42. The Labute approximate surface area is 200 Å². The lowest BCUT2D eigenvalue weighted by molar-refractivity contribution is -0.137. The van der Waals surface area contributed by atoms with Crippen molar-refractivity contribution in [3.8, 4) is 5.69 Å². The molecule has 8 heteroatoms. The number of pyridine rings is 1. The molecule has 0 aliphatic heterocycles. The minimum absolute atomic E-state index is 0.282. The fourth-order valence-corrected chi connectivity index (χ4v) is 6.34. The fraction of sp³-hybridized carbons (Fsp3) is 0.407. The van der Waals surface area contributed by atoms with Crippen LogP contribution >= 0.6 is 0 Å². The van der Waals surface area contributed by atoms with Gasteiger partial charge in [-0.15, -0.1) is 0 Å². The second kappa shape index (κ2) is 7.75. The molecule has 2 atom stereocenters. The van der Waals surface area contributed by atoms with Gasteiger partial charge in [-0.3, -0.25) is 4.98 Å². The summed E-state index contributed by atoms with van der Waals surface area (Å²) in [6, 6.07) is 8.26. The molecule has 0 bridgehead atoms. The van der Waals surface area contributed by atoms with Crippen molar-refractivity contribution >= 4 is 6.08 Å². The van der Waals surface area contributed by atoms with Crippen LogP contribution in [0.15, 0.2) is 54.4 Å². The van der Waals surface area contributed by atoms with Gasteiger partial charge in [-0.05, 0) is 98.9 Å². The quantitative estimate of drug-likeness (QED) is 0.459. The van der Waals surface area contributed by atoms with Crippen LogP contribution in [0.1, 0.15) is 54.6 Å². The summed E-state index contributed by atoms with van der Waals surface area (Å²) in [5.41, 5.74) is 2.12. The Morgan fingerprint density at radius 3 is 2.60 bits per heavy atom. The van der Waals surface area contributed by atoms with Crippen LogP contribution in [0.3, 0.4) is 0 Å². The zero-order valence-electron chi connectivity index (χ0n) is 19.0. The van der Waals surface area contributed by atoms with Gasteiger partial charge in [0.2, 0.25) is 0 Å². The molecule has 0 saturated heterocycles. The minimum Gasteiger partial charge on any atom is -0.389 e. The zero-order chi connectivity index (χ0) is 24.4. The van der Waals surface area contributed by atoms with Crippen molar-refractivity contribution in [2.75, 3.05) is 0 Å². The smallest absolute Gasteiger partial charge is 0.389 e. The summed E-state index contributed by atoms with van der Waals surface area (Å²) in [6.07, 6.45) is 5.38. The average molecular weight is 484 g/mol. The maximum Gasteiger partial charge on any atom is 0.416 e. The lowest BCUT2D eigenvalue weighted by Crippen LogP contribution is -2.49. The molecule has 2 heterocycles. The first-order valence-corrected chi connectivity index (χ1v) is 12.0. The highest BCUT2D eigenvalue weighted by molar-refractivity contribution is 5.63. The van der Waals surface area contributed by atoms with E-state index in [4.69, 9.17) is 0 Å². The SMILES string of the molecule is OC1(CCc2cc(C(F)(F)F)ccn2)CCC2=Cc3c(cnn3-c3ccc(F)cc3)CC21C1CC1. The number of benzene rings is 1. The first-order chi connectivity index (χ1) is 16.7. The molecule has 2 fully saturated rings. The van der Waals surface area contributed by atoms with Gasteiger partial charge in [0.1, 0.15) is 5.82 Å². The number of fused-ring (bicyclic) bond motifs is 2. The van der Waals surface area contributed by atoms with E-state index in [2.05, 4.69) is 16.2 Å². The van der Waals surface area contributed by atoms with Crippen LogP contribution in [0.2, 0.25) is 0 Å². The van der Waals surface area contributed by atoms with Gasteiger partial charge >= 0.3 is 6.18 Å². The standard InChI is InChI=1S/C27H25F4N3O/c28-21-3-5-23(6-4-21)34-24-14-19-7-10-25(35,26(19,18-1-2-18)15-17(24)16-33-34)11-8-22-13-20(9-12-32-22)27(29,30)31/h3-6,9,12-14,16,18,35H,1-2,7-8,10-11,15H2. The number of hydrogen-bond acceptors (Lipinski definition) is 3. The summed E-state index contributed by atoms with van der Waals surface area (Å²) in [5, 5.41) is 16.6. The molecule has 2 aromatic heterocycles. The molecular weight excluding hydrogens is 458 g/mol. The second-order valence-electron chi connectivity index (χ2n) is 10.1. The Bertz CT molecular complexity index is 1310. The summed E-state index contributed by atoms with van der Waals surface area (Å²) >= 11 is 0. The van der Waals surface area contributed by atoms with E-state index in [-0.39, 0.29) is 12.2 Å². The van der Waals surface area contributed by atoms with E-state index < -0.39 is 22.8 Å². The third kappa shape index (κ3) is 3.61. The van der Waals surface area contributed by atoms with Crippen LogP contribution in [0, 0.1) is 17.2 Å². The molecule has 4 nitrogen and oxygen atoms in total. The summed E-state index contributed by atoms with van der Waals surface area (Å²) in [7, 11) is 0. The molecule has 3 aromatic rings. The maximum absolute atomic E-state index is 13.4. The van der Waals surface area contributed by atoms with Crippen molar-refractivity contribution in [2.24, 2.45) is 11.3 Å². The third-order valence-corrected chi connectivity index (χ3v) is 8.16. The monoisotopic (exact) mass is 483 g/mol. The van der Waals surface area contributed by atoms with Crippen molar-refractivity contribution < 1.29 is 22.7 Å². The van der Waals surface area contributed by atoms with Gasteiger partial charge in [0.05, 0.1) is 28.7 Å². The molecule has 35 heavy (non-hydrogen) atoms. The van der Waals surface area contributed by atoms with Gasteiger partial charge < -0.3 is 5.11 Å². The second-order valence-corrected chi connectivity index (χ2v) is 10.1. The van der Waals surface area contributed by atoms with E-state index >= 15 is 0 Å². The highest BCUT2D eigenvalue weighted by atomic mass is 19.4. The van der Waals surface area contributed by atoms with Crippen molar-refractivity contribution in [1.82, 2.24) is 14.8 Å². The number of aromatic nitrogens is 3. The van der Waals surface area contributed by atoms with E-state index in [0.717, 1.165) is 48.3 Å². The Balaban J connectivity index is 1.32. The first kappa shape index (κ1) is 22.5. The van der Waals surface area contributed by atoms with Crippen LogP contribution in [-0.4, -0.2) is 25.5 Å². The molecule has 1 N–H and O–H groups in total. The van der Waals surface area contributed by atoms with Crippen LogP contribution in [-0.2, 0) is 19.0 Å². The van der Waals surface area contributed by atoms with Crippen LogP contribution in [0.25, 0.3) is 11.8 Å². The number of hydrogen-bond donors (Lipinski definition) is 1. The molecular formula is C27H25F4N3O. The molecule has 3 aliphatic carbocycles. The number of aryl methyl sites for hydroxylation is 1. The maximum atomic E-state index is 13.4. The lowest BCUT2D eigenvalue weighted by atomic mass is 9.61. The van der Waals surface area contributed by atoms with Gasteiger partial charge in [-0.1, -0.05) is 5.57 Å². The fourth-order valence-electron chi connectivity index (χ4n) is 6.34. The number of alkyl halides is 3. The number of nitrogens with zero attached hydrogens (tertiary/aromatic N) is 3. The molecule has 1 aromatic carbocycles. The predicted octanol–water partition coefficient (Wildman–Crippen LogP) is 5.92. The summed E-state index contributed by atoms with van der Waals surface area (Å²) in [5.74, 6) is 0.0371.